The number of hydrogen-bond donors (Lipinski definition) is 2. The van der Waals surface area contributed by atoms with Crippen LogP contribution in [0.1, 0.15) is 67.1 Å². The van der Waals surface area contributed by atoms with Crippen molar-refractivity contribution in [2.75, 3.05) is 39.3 Å². The molecule has 216 valence electrons. The maximum Gasteiger partial charge on any atom is 0.336 e. The summed E-state index contributed by atoms with van der Waals surface area (Å²) in [6.45, 7) is 14.6. The predicted octanol–water partition coefficient (Wildman–Crippen LogP) is 4.34. The zero-order valence-electron chi connectivity index (χ0n) is 24.1. The summed E-state index contributed by atoms with van der Waals surface area (Å²) >= 11 is 0. The third kappa shape index (κ3) is 7.38. The molecule has 1 spiro atoms. The largest absolute Gasteiger partial charge is 0.478 e. The Bertz CT molecular complexity index is 1210. The minimum Gasteiger partial charge on any atom is -0.478 e. The monoisotopic (exact) mass is 547 g/mol. The third-order valence-electron chi connectivity index (χ3n) is 8.67. The van der Waals surface area contributed by atoms with Crippen LogP contribution < -0.4 is 0 Å². The number of likely N-dealkylation sites (tertiary alicyclic amines) is 2. The van der Waals surface area contributed by atoms with Crippen LogP contribution in [0.5, 0.6) is 0 Å². The molecule has 2 aliphatic heterocycles. The van der Waals surface area contributed by atoms with Crippen molar-refractivity contribution in [2.24, 2.45) is 11.3 Å². The van der Waals surface area contributed by atoms with Gasteiger partial charge in [0, 0.05) is 51.0 Å². The van der Waals surface area contributed by atoms with Gasteiger partial charge in [-0.15, -0.1) is 0 Å². The Morgan fingerprint density at radius 1 is 1.02 bits per heavy atom. The number of aromatic amines is 1. The van der Waals surface area contributed by atoms with Gasteiger partial charge in [-0.05, 0) is 74.8 Å². The minimum absolute atomic E-state index is 0.337. The number of carboxylic acid groups (broad SMARTS) is 1. The van der Waals surface area contributed by atoms with Gasteiger partial charge in [-0.25, -0.2) is 14.8 Å². The molecule has 2 fully saturated rings. The summed E-state index contributed by atoms with van der Waals surface area (Å²) in [5, 5.41) is 9.69. The average Bonchev–Trinajstić information content (AvgIpc) is 3.69. The molecule has 3 aromatic rings. The Balaban J connectivity index is 1.15. The quantitative estimate of drug-likeness (QED) is 0.329. The van der Waals surface area contributed by atoms with Crippen molar-refractivity contribution >= 4 is 5.97 Å². The fourth-order valence-electron chi connectivity index (χ4n) is 6.58. The van der Waals surface area contributed by atoms with E-state index in [9.17, 15) is 9.90 Å². The lowest BCUT2D eigenvalue weighted by atomic mass is 9.77. The van der Waals surface area contributed by atoms with Gasteiger partial charge in [-0.1, -0.05) is 32.0 Å². The van der Waals surface area contributed by atoms with Crippen molar-refractivity contribution in [2.45, 2.75) is 65.7 Å². The van der Waals surface area contributed by atoms with Crippen molar-refractivity contribution < 1.29 is 9.90 Å². The van der Waals surface area contributed by atoms with Crippen LogP contribution in [0.3, 0.4) is 0 Å². The van der Waals surface area contributed by atoms with Crippen LogP contribution >= 0.6 is 0 Å². The van der Waals surface area contributed by atoms with E-state index in [1.807, 2.05) is 24.5 Å². The summed E-state index contributed by atoms with van der Waals surface area (Å²) in [5.74, 6) is 1.69. The Morgan fingerprint density at radius 2 is 1.80 bits per heavy atom. The first-order chi connectivity index (χ1) is 19.4. The standard InChI is InChI=1S/C31H45N7O2/c1-25(2)20-35-16-8-31(9-17-35)10-18-36(24-31)14-5-15-38-19-13-34-29(38)23-37(22-28-32-11-12-33-28)21-26-6-3-4-7-27(26)30(39)40/h3-4,6-7,11-13,19,25H,5,8-10,14-18,20-24H2,1-2H3,(H,32,33)(H,39,40). The lowest BCUT2D eigenvalue weighted by Crippen LogP contribution is -2.42. The highest BCUT2D eigenvalue weighted by atomic mass is 16.4. The van der Waals surface area contributed by atoms with Gasteiger partial charge >= 0.3 is 5.97 Å². The molecule has 5 rings (SSSR count). The zero-order valence-corrected chi connectivity index (χ0v) is 24.1. The first-order valence-electron chi connectivity index (χ1n) is 14.9. The minimum atomic E-state index is -0.903. The first kappa shape index (κ1) is 28.5. The highest BCUT2D eigenvalue weighted by molar-refractivity contribution is 5.89. The smallest absolute Gasteiger partial charge is 0.336 e. The molecule has 9 heteroatoms. The number of nitrogens with zero attached hydrogens (tertiary/aromatic N) is 6. The van der Waals surface area contributed by atoms with E-state index in [0.29, 0.717) is 30.6 Å². The fraction of sp³-hybridized carbons (Fsp3) is 0.581. The second-order valence-corrected chi connectivity index (χ2v) is 12.3. The fourth-order valence-corrected chi connectivity index (χ4v) is 6.58. The van der Waals surface area contributed by atoms with Crippen LogP contribution in [0.15, 0.2) is 49.1 Å². The Labute approximate surface area is 238 Å². The summed E-state index contributed by atoms with van der Waals surface area (Å²) in [6.07, 6.45) is 12.6. The number of carbonyl (C=O) groups is 1. The number of H-pyrrole nitrogens is 1. The molecule has 4 heterocycles. The van der Waals surface area contributed by atoms with Crippen LogP contribution in [0.2, 0.25) is 0 Å². The van der Waals surface area contributed by atoms with Crippen molar-refractivity contribution in [1.29, 1.82) is 0 Å². The van der Waals surface area contributed by atoms with E-state index in [0.717, 1.165) is 42.6 Å². The number of hydrogen-bond acceptors (Lipinski definition) is 6. The number of aromatic nitrogens is 4. The van der Waals surface area contributed by atoms with Gasteiger partial charge in [0.05, 0.1) is 18.7 Å². The van der Waals surface area contributed by atoms with Crippen LogP contribution in [0.25, 0.3) is 0 Å². The molecule has 0 bridgehead atoms. The van der Waals surface area contributed by atoms with Crippen molar-refractivity contribution in [3.8, 4) is 0 Å². The van der Waals surface area contributed by atoms with Crippen molar-refractivity contribution in [3.63, 3.8) is 0 Å². The molecule has 9 nitrogen and oxygen atoms in total. The summed E-state index contributed by atoms with van der Waals surface area (Å²) in [4.78, 5) is 31.6. The molecule has 2 aliphatic rings. The zero-order chi connectivity index (χ0) is 28.0. The highest BCUT2D eigenvalue weighted by Gasteiger charge is 2.40. The molecular formula is C31H45N7O2. The van der Waals surface area contributed by atoms with E-state index in [1.54, 1.807) is 18.3 Å². The van der Waals surface area contributed by atoms with Gasteiger partial charge in [0.1, 0.15) is 11.6 Å². The van der Waals surface area contributed by atoms with Gasteiger partial charge < -0.3 is 24.5 Å². The Morgan fingerprint density at radius 3 is 2.52 bits per heavy atom. The number of benzene rings is 1. The number of imidazole rings is 2. The molecule has 0 unspecified atom stereocenters. The van der Waals surface area contributed by atoms with E-state index in [4.69, 9.17) is 0 Å². The summed E-state index contributed by atoms with van der Waals surface area (Å²) in [7, 11) is 0. The van der Waals surface area contributed by atoms with Gasteiger partial charge in [0.2, 0.25) is 0 Å². The Kier molecular flexibility index (Phi) is 9.34. The van der Waals surface area contributed by atoms with Crippen LogP contribution in [-0.2, 0) is 26.2 Å². The molecule has 0 radical (unpaired) electrons. The number of nitrogens with one attached hydrogen (secondary N) is 1. The van der Waals surface area contributed by atoms with E-state index in [1.165, 1.54) is 52.0 Å². The molecule has 1 aromatic carbocycles. The maximum atomic E-state index is 11.8. The first-order valence-corrected chi connectivity index (χ1v) is 14.9. The van der Waals surface area contributed by atoms with Gasteiger partial charge in [0.25, 0.3) is 0 Å². The normalized spacial score (nSPS) is 17.9. The van der Waals surface area contributed by atoms with Crippen molar-refractivity contribution in [1.82, 2.24) is 34.2 Å². The highest BCUT2D eigenvalue weighted by Crippen LogP contribution is 2.40. The van der Waals surface area contributed by atoms with E-state index in [2.05, 4.69) is 54.3 Å². The SMILES string of the molecule is CC(C)CN1CCC2(CC1)CCN(CCCn1ccnc1CN(Cc1ncc[nH]1)Cc1ccccc1C(=O)O)C2. The molecule has 0 saturated carbocycles. The molecule has 40 heavy (non-hydrogen) atoms. The number of aryl methyl sites for hydroxylation is 1. The van der Waals surface area contributed by atoms with Crippen LogP contribution in [0, 0.1) is 11.3 Å². The van der Waals surface area contributed by atoms with E-state index in [-0.39, 0.29) is 0 Å². The van der Waals surface area contributed by atoms with E-state index < -0.39 is 5.97 Å². The molecular weight excluding hydrogens is 502 g/mol. The number of carboxylic acids is 1. The van der Waals surface area contributed by atoms with Crippen LogP contribution in [-0.4, -0.2) is 84.6 Å². The molecule has 0 aliphatic carbocycles. The topological polar surface area (TPSA) is 93.5 Å². The lowest BCUT2D eigenvalue weighted by Gasteiger charge is -2.40. The lowest BCUT2D eigenvalue weighted by molar-refractivity contribution is 0.0694. The summed E-state index contributed by atoms with van der Waals surface area (Å²) < 4.78 is 2.26. The molecule has 2 N–H and O–H groups in total. The number of aromatic carboxylic acids is 1. The summed E-state index contributed by atoms with van der Waals surface area (Å²) in [5.41, 5.74) is 1.66. The van der Waals surface area contributed by atoms with Gasteiger partial charge in [-0.2, -0.15) is 0 Å². The molecule has 0 atom stereocenters. The summed E-state index contributed by atoms with van der Waals surface area (Å²) in [6, 6.07) is 7.23. The van der Waals surface area contributed by atoms with Gasteiger partial charge in [0.15, 0.2) is 0 Å². The Hall–Kier alpha value is -3.01. The third-order valence-corrected chi connectivity index (χ3v) is 8.67. The number of rotatable bonds is 13. The second-order valence-electron chi connectivity index (χ2n) is 12.3. The van der Waals surface area contributed by atoms with E-state index >= 15 is 0 Å². The van der Waals surface area contributed by atoms with Gasteiger partial charge in [-0.3, -0.25) is 4.90 Å². The predicted molar refractivity (Wildman–Crippen MR) is 156 cm³/mol. The number of piperidine rings is 1. The molecule has 0 amide bonds. The molecule has 2 aromatic heterocycles. The maximum absolute atomic E-state index is 11.8. The average molecular weight is 548 g/mol. The van der Waals surface area contributed by atoms with Crippen LogP contribution in [0.4, 0.5) is 0 Å². The van der Waals surface area contributed by atoms with Crippen molar-refractivity contribution in [3.05, 3.63) is 71.8 Å². The second kappa shape index (κ2) is 13.1. The molecule has 2 saturated heterocycles.